The Morgan fingerprint density at radius 3 is 2.50 bits per heavy atom. The molecule has 0 radical (unpaired) electrons. The van der Waals surface area contributed by atoms with E-state index in [0.717, 1.165) is 16.4 Å². The van der Waals surface area contributed by atoms with Crippen molar-refractivity contribution in [2.75, 3.05) is 20.8 Å². The summed E-state index contributed by atoms with van der Waals surface area (Å²) in [5.41, 5.74) is -0.0183. The molecule has 20 heavy (non-hydrogen) atoms. The second-order valence-corrected chi connectivity index (χ2v) is 6.34. The molecule has 0 bridgehead atoms. The molecule has 1 atom stereocenters. The molecule has 1 aromatic carbocycles. The number of aliphatic hydroxyl groups excluding tert-OH is 1. The van der Waals surface area contributed by atoms with E-state index < -0.39 is 39.2 Å². The van der Waals surface area contributed by atoms with E-state index in [9.17, 15) is 17.2 Å². The molecule has 0 aromatic heterocycles. The zero-order valence-electron chi connectivity index (χ0n) is 11.4. The first kappa shape index (κ1) is 17.0. The molecule has 0 aliphatic heterocycles. The van der Waals surface area contributed by atoms with Crippen LogP contribution in [0, 0.1) is 11.6 Å². The molecule has 0 heterocycles. The summed E-state index contributed by atoms with van der Waals surface area (Å²) in [6.07, 6.45) is 0. The van der Waals surface area contributed by atoms with Crippen LogP contribution in [0.2, 0.25) is 0 Å². The van der Waals surface area contributed by atoms with Gasteiger partial charge in [0.1, 0.15) is 4.90 Å². The van der Waals surface area contributed by atoms with Crippen LogP contribution in [0.3, 0.4) is 0 Å². The SMILES string of the molecule is COCC(C)N(C)S(=O)(=O)c1cc(CO)cc(F)c1F. The Hall–Kier alpha value is -1.09. The van der Waals surface area contributed by atoms with Gasteiger partial charge >= 0.3 is 0 Å². The molecule has 1 N–H and O–H groups in total. The highest BCUT2D eigenvalue weighted by atomic mass is 32.2. The van der Waals surface area contributed by atoms with Crippen molar-refractivity contribution in [1.29, 1.82) is 0 Å². The fourth-order valence-electron chi connectivity index (χ4n) is 1.63. The molecule has 0 saturated heterocycles. The molecular weight excluding hydrogens is 292 g/mol. The Bertz CT molecular complexity index is 577. The molecule has 1 unspecified atom stereocenters. The summed E-state index contributed by atoms with van der Waals surface area (Å²) < 4.78 is 57.4. The molecule has 8 heteroatoms. The van der Waals surface area contributed by atoms with Crippen molar-refractivity contribution in [2.24, 2.45) is 0 Å². The Morgan fingerprint density at radius 1 is 1.40 bits per heavy atom. The van der Waals surface area contributed by atoms with Crippen LogP contribution >= 0.6 is 0 Å². The number of methoxy groups -OCH3 is 1. The minimum Gasteiger partial charge on any atom is -0.392 e. The van der Waals surface area contributed by atoms with Crippen molar-refractivity contribution in [3.8, 4) is 0 Å². The van der Waals surface area contributed by atoms with Crippen LogP contribution in [0.5, 0.6) is 0 Å². The first-order valence-corrected chi connectivity index (χ1v) is 7.25. The standard InChI is InChI=1S/C12H17F2NO4S/c1-8(7-19-3)15(2)20(17,18)11-5-9(6-16)4-10(13)12(11)14/h4-5,8,16H,6-7H2,1-3H3. The van der Waals surface area contributed by atoms with Crippen LogP contribution in [-0.2, 0) is 21.4 Å². The molecule has 1 aromatic rings. The predicted octanol–water partition coefficient (Wildman–Crippen LogP) is 1.11. The maximum absolute atomic E-state index is 13.7. The van der Waals surface area contributed by atoms with Gasteiger partial charge in [0, 0.05) is 20.2 Å². The van der Waals surface area contributed by atoms with Crippen LogP contribution in [0.4, 0.5) is 8.78 Å². The molecule has 0 saturated carbocycles. The topological polar surface area (TPSA) is 66.8 Å². The molecular formula is C12H17F2NO4S. The van der Waals surface area contributed by atoms with E-state index in [1.54, 1.807) is 6.92 Å². The maximum atomic E-state index is 13.7. The molecule has 0 fully saturated rings. The monoisotopic (exact) mass is 309 g/mol. The van der Waals surface area contributed by atoms with Crippen molar-refractivity contribution in [3.05, 3.63) is 29.3 Å². The Labute approximate surface area is 116 Å². The molecule has 0 spiro atoms. The van der Waals surface area contributed by atoms with E-state index in [4.69, 9.17) is 9.84 Å². The molecule has 0 aliphatic rings. The van der Waals surface area contributed by atoms with Crippen LogP contribution in [0.25, 0.3) is 0 Å². The van der Waals surface area contributed by atoms with Crippen LogP contribution in [0.1, 0.15) is 12.5 Å². The van der Waals surface area contributed by atoms with Gasteiger partial charge in [-0.3, -0.25) is 0 Å². The lowest BCUT2D eigenvalue weighted by Crippen LogP contribution is -2.38. The molecule has 114 valence electrons. The highest BCUT2D eigenvalue weighted by Crippen LogP contribution is 2.24. The number of hydrogen-bond acceptors (Lipinski definition) is 4. The van der Waals surface area contributed by atoms with E-state index in [-0.39, 0.29) is 12.2 Å². The van der Waals surface area contributed by atoms with E-state index >= 15 is 0 Å². The third-order valence-corrected chi connectivity index (χ3v) is 4.89. The quantitative estimate of drug-likeness (QED) is 0.855. The van der Waals surface area contributed by atoms with Gasteiger partial charge in [0.2, 0.25) is 10.0 Å². The second kappa shape index (κ2) is 6.57. The average molecular weight is 309 g/mol. The van der Waals surface area contributed by atoms with Gasteiger partial charge in [-0.15, -0.1) is 0 Å². The van der Waals surface area contributed by atoms with Crippen molar-refractivity contribution < 1.29 is 27.0 Å². The number of benzene rings is 1. The van der Waals surface area contributed by atoms with Gasteiger partial charge in [0.15, 0.2) is 11.6 Å². The highest BCUT2D eigenvalue weighted by molar-refractivity contribution is 7.89. The minimum atomic E-state index is -4.22. The molecule has 0 amide bonds. The number of nitrogens with zero attached hydrogens (tertiary/aromatic N) is 1. The van der Waals surface area contributed by atoms with Crippen molar-refractivity contribution in [3.63, 3.8) is 0 Å². The number of ether oxygens (including phenoxy) is 1. The second-order valence-electron chi connectivity index (χ2n) is 4.37. The van der Waals surface area contributed by atoms with Gasteiger partial charge in [-0.2, -0.15) is 4.31 Å². The molecule has 0 aliphatic carbocycles. The molecule has 5 nitrogen and oxygen atoms in total. The largest absolute Gasteiger partial charge is 0.392 e. The van der Waals surface area contributed by atoms with Gasteiger partial charge in [-0.25, -0.2) is 17.2 Å². The van der Waals surface area contributed by atoms with E-state index in [2.05, 4.69) is 0 Å². The van der Waals surface area contributed by atoms with Crippen molar-refractivity contribution >= 4 is 10.0 Å². The minimum absolute atomic E-state index is 0.0183. The van der Waals surface area contributed by atoms with Gasteiger partial charge in [0.05, 0.1) is 13.2 Å². The zero-order valence-corrected chi connectivity index (χ0v) is 12.2. The number of aliphatic hydroxyl groups is 1. The highest BCUT2D eigenvalue weighted by Gasteiger charge is 2.30. The first-order valence-electron chi connectivity index (χ1n) is 5.81. The number of halogens is 2. The van der Waals surface area contributed by atoms with Gasteiger partial charge in [-0.05, 0) is 24.6 Å². The third kappa shape index (κ3) is 3.32. The van der Waals surface area contributed by atoms with Crippen LogP contribution in [-0.4, -0.2) is 44.6 Å². The Balaban J connectivity index is 3.31. The van der Waals surface area contributed by atoms with E-state index in [1.165, 1.54) is 14.2 Å². The maximum Gasteiger partial charge on any atom is 0.246 e. The number of rotatable bonds is 6. The predicted molar refractivity (Wildman–Crippen MR) is 68.6 cm³/mol. The zero-order chi connectivity index (χ0) is 15.5. The smallest absolute Gasteiger partial charge is 0.246 e. The van der Waals surface area contributed by atoms with Crippen LogP contribution in [0.15, 0.2) is 17.0 Å². The van der Waals surface area contributed by atoms with Crippen molar-refractivity contribution in [1.82, 2.24) is 4.31 Å². The number of likely N-dealkylation sites (N-methyl/N-ethyl adjacent to an activating group) is 1. The lowest BCUT2D eigenvalue weighted by Gasteiger charge is -2.24. The number of sulfonamides is 1. The Kier molecular flexibility index (Phi) is 5.58. The van der Waals surface area contributed by atoms with E-state index in [0.29, 0.717) is 0 Å². The fourth-order valence-corrected chi connectivity index (χ4v) is 3.10. The lowest BCUT2D eigenvalue weighted by atomic mass is 10.2. The summed E-state index contributed by atoms with van der Waals surface area (Å²) in [5.74, 6) is -2.78. The van der Waals surface area contributed by atoms with Crippen LogP contribution < -0.4 is 0 Å². The number of hydrogen-bond donors (Lipinski definition) is 1. The summed E-state index contributed by atoms with van der Waals surface area (Å²) in [5, 5.41) is 8.96. The Morgan fingerprint density at radius 2 is 2.00 bits per heavy atom. The normalized spacial score (nSPS) is 13.8. The fraction of sp³-hybridized carbons (Fsp3) is 0.500. The van der Waals surface area contributed by atoms with Gasteiger partial charge in [-0.1, -0.05) is 0 Å². The summed E-state index contributed by atoms with van der Waals surface area (Å²) in [6.45, 7) is 1.10. The van der Waals surface area contributed by atoms with Crippen molar-refractivity contribution in [2.45, 2.75) is 24.5 Å². The first-order chi connectivity index (χ1) is 9.25. The summed E-state index contributed by atoms with van der Waals surface area (Å²) in [6, 6.07) is 1.13. The third-order valence-electron chi connectivity index (χ3n) is 2.92. The summed E-state index contributed by atoms with van der Waals surface area (Å²) in [4.78, 5) is -0.799. The lowest BCUT2D eigenvalue weighted by molar-refractivity contribution is 0.149. The molecule has 1 rings (SSSR count). The average Bonchev–Trinajstić information content (AvgIpc) is 2.40. The summed E-state index contributed by atoms with van der Waals surface area (Å²) in [7, 11) is -1.56. The van der Waals surface area contributed by atoms with E-state index in [1.807, 2.05) is 0 Å². The van der Waals surface area contributed by atoms with Gasteiger partial charge in [0.25, 0.3) is 0 Å². The summed E-state index contributed by atoms with van der Waals surface area (Å²) >= 11 is 0. The van der Waals surface area contributed by atoms with Gasteiger partial charge < -0.3 is 9.84 Å².